The van der Waals surface area contributed by atoms with Crippen molar-refractivity contribution in [2.75, 3.05) is 32.8 Å². The van der Waals surface area contributed by atoms with E-state index in [1.807, 2.05) is 0 Å². The Labute approximate surface area is 123 Å². The quantitative estimate of drug-likeness (QED) is 0.703. The van der Waals surface area contributed by atoms with Crippen LogP contribution in [0, 0.1) is 5.82 Å². The fraction of sp³-hybridized carbons (Fsp3) is 0.500. The van der Waals surface area contributed by atoms with E-state index >= 15 is 0 Å². The van der Waals surface area contributed by atoms with Crippen molar-refractivity contribution in [3.63, 3.8) is 0 Å². The van der Waals surface area contributed by atoms with Crippen LogP contribution in [-0.4, -0.2) is 59.2 Å². The maximum atomic E-state index is 13.1. The van der Waals surface area contributed by atoms with Gasteiger partial charge in [0.05, 0.1) is 19.4 Å². The largest absolute Gasteiger partial charge is 0.378 e. The second kappa shape index (κ2) is 6.98. The average Bonchev–Trinajstić information content (AvgIpc) is 2.51. The molecule has 1 saturated heterocycles. The molecule has 120 valence electrons. The molecule has 0 radical (unpaired) electrons. The second-order valence-corrected chi connectivity index (χ2v) is 4.58. The fourth-order valence-corrected chi connectivity index (χ4v) is 1.93. The van der Waals surface area contributed by atoms with Gasteiger partial charge in [0.2, 0.25) is 11.7 Å². The van der Waals surface area contributed by atoms with Gasteiger partial charge < -0.3 is 15.0 Å². The zero-order valence-corrected chi connectivity index (χ0v) is 11.6. The number of nitrogens with one attached hydrogen (secondary N) is 2. The first-order valence-corrected chi connectivity index (χ1v) is 6.64. The van der Waals surface area contributed by atoms with Gasteiger partial charge in [0, 0.05) is 26.1 Å². The number of amides is 2. The Balaban J connectivity index is 1.88. The molecule has 0 saturated carbocycles. The first-order chi connectivity index (χ1) is 10.5. The highest BCUT2D eigenvalue weighted by molar-refractivity contribution is 5.79. The third-order valence-electron chi connectivity index (χ3n) is 3.10. The van der Waals surface area contributed by atoms with E-state index in [1.54, 1.807) is 9.88 Å². The maximum Gasteiger partial charge on any atom is 0.336 e. The van der Waals surface area contributed by atoms with Crippen LogP contribution in [0.2, 0.25) is 0 Å². The first kappa shape index (κ1) is 15.9. The number of carbonyl (C=O) groups excluding carboxylic acids is 2. The van der Waals surface area contributed by atoms with Crippen LogP contribution >= 0.6 is 0 Å². The molecule has 0 unspecified atom stereocenters. The normalized spacial score (nSPS) is 14.7. The minimum atomic E-state index is -1.25. The number of aromatic amines is 1. The highest BCUT2D eigenvalue weighted by Crippen LogP contribution is 1.99. The van der Waals surface area contributed by atoms with E-state index in [0.29, 0.717) is 37.1 Å². The lowest BCUT2D eigenvalue weighted by molar-refractivity contribution is -0.135. The van der Waals surface area contributed by atoms with Crippen molar-refractivity contribution in [1.82, 2.24) is 19.8 Å². The predicted octanol–water partition coefficient (Wildman–Crippen LogP) is -1.52. The lowest BCUT2D eigenvalue weighted by atomic mass is 10.3. The molecule has 0 spiro atoms. The van der Waals surface area contributed by atoms with E-state index in [4.69, 9.17) is 4.74 Å². The molecule has 2 amide bonds. The van der Waals surface area contributed by atoms with Crippen molar-refractivity contribution in [2.45, 2.75) is 6.42 Å². The molecule has 2 rings (SSSR count). The lowest BCUT2D eigenvalue weighted by Gasteiger charge is -2.26. The monoisotopic (exact) mass is 314 g/mol. The zero-order chi connectivity index (χ0) is 16.1. The van der Waals surface area contributed by atoms with Gasteiger partial charge in [-0.2, -0.15) is 4.39 Å². The van der Waals surface area contributed by atoms with Gasteiger partial charge in [-0.1, -0.05) is 0 Å². The Bertz CT molecular complexity index is 677. The Morgan fingerprint density at radius 3 is 2.68 bits per heavy atom. The van der Waals surface area contributed by atoms with Gasteiger partial charge in [0.25, 0.3) is 5.56 Å². The van der Waals surface area contributed by atoms with Crippen LogP contribution in [0.25, 0.3) is 0 Å². The van der Waals surface area contributed by atoms with Gasteiger partial charge in [0.1, 0.15) is 0 Å². The Morgan fingerprint density at radius 2 is 2.00 bits per heavy atom. The van der Waals surface area contributed by atoms with Crippen molar-refractivity contribution in [1.29, 1.82) is 0 Å². The van der Waals surface area contributed by atoms with Gasteiger partial charge in [-0.25, -0.2) is 14.2 Å². The van der Waals surface area contributed by atoms with Crippen LogP contribution in [-0.2, 0) is 9.53 Å². The van der Waals surface area contributed by atoms with Crippen molar-refractivity contribution in [2.24, 2.45) is 0 Å². The minimum Gasteiger partial charge on any atom is -0.378 e. The van der Waals surface area contributed by atoms with Crippen LogP contribution in [0.3, 0.4) is 0 Å². The molecule has 0 bridgehead atoms. The van der Waals surface area contributed by atoms with Gasteiger partial charge >= 0.3 is 11.7 Å². The van der Waals surface area contributed by atoms with Gasteiger partial charge in [0.15, 0.2) is 0 Å². The van der Waals surface area contributed by atoms with Crippen LogP contribution < -0.4 is 16.6 Å². The number of halogens is 1. The van der Waals surface area contributed by atoms with E-state index in [9.17, 15) is 23.6 Å². The van der Waals surface area contributed by atoms with E-state index in [1.165, 1.54) is 0 Å². The molecule has 0 atom stereocenters. The molecule has 1 aliphatic rings. The smallest absolute Gasteiger partial charge is 0.336 e. The Kier molecular flexibility index (Phi) is 5.04. The molecule has 22 heavy (non-hydrogen) atoms. The molecule has 1 fully saturated rings. The number of morpholine rings is 1. The molecule has 2 heterocycles. The maximum absolute atomic E-state index is 13.1. The molecule has 0 aliphatic carbocycles. The summed E-state index contributed by atoms with van der Waals surface area (Å²) < 4.78 is 18.6. The van der Waals surface area contributed by atoms with Crippen LogP contribution in [0.15, 0.2) is 15.8 Å². The molecule has 1 aromatic rings. The number of hydrogen-bond donors (Lipinski definition) is 2. The number of aromatic nitrogens is 2. The van der Waals surface area contributed by atoms with Crippen LogP contribution in [0.5, 0.6) is 0 Å². The highest BCUT2D eigenvalue weighted by atomic mass is 19.1. The summed E-state index contributed by atoms with van der Waals surface area (Å²) in [6, 6.07) is -0.921. The number of nitrogens with zero attached hydrogens (tertiary/aromatic N) is 2. The van der Waals surface area contributed by atoms with Gasteiger partial charge in [-0.15, -0.1) is 0 Å². The summed E-state index contributed by atoms with van der Waals surface area (Å²) in [5.41, 5.74) is -2.25. The van der Waals surface area contributed by atoms with Crippen molar-refractivity contribution < 1.29 is 18.7 Å². The highest BCUT2D eigenvalue weighted by Gasteiger charge is 2.17. The summed E-state index contributed by atoms with van der Waals surface area (Å²) in [5.74, 6) is -1.40. The van der Waals surface area contributed by atoms with E-state index in [0.717, 1.165) is 0 Å². The summed E-state index contributed by atoms with van der Waals surface area (Å²) in [5, 5.41) is 2.31. The third kappa shape index (κ3) is 3.79. The Hall–Kier alpha value is -2.49. The van der Waals surface area contributed by atoms with Crippen molar-refractivity contribution >= 4 is 11.9 Å². The summed E-state index contributed by atoms with van der Waals surface area (Å²) in [6.07, 6.45) is 0.548. The minimum absolute atomic E-state index is 0.0117. The van der Waals surface area contributed by atoms with Crippen molar-refractivity contribution in [3.05, 3.63) is 32.9 Å². The molecule has 2 N–H and O–H groups in total. The average molecular weight is 314 g/mol. The van der Waals surface area contributed by atoms with E-state index < -0.39 is 23.1 Å². The molecule has 0 aromatic carbocycles. The standard InChI is InChI=1S/C12H15FN4O5/c13-8-7-17(12(21)15-10(8)19)11(20)14-2-1-9(18)16-3-5-22-6-4-16/h7H,1-6H2,(H,14,20)(H,15,19,21). The Morgan fingerprint density at radius 1 is 1.32 bits per heavy atom. The number of rotatable bonds is 3. The first-order valence-electron chi connectivity index (χ1n) is 6.64. The summed E-state index contributed by atoms with van der Waals surface area (Å²) in [7, 11) is 0. The predicted molar refractivity (Wildman–Crippen MR) is 72.1 cm³/mol. The fourth-order valence-electron chi connectivity index (χ4n) is 1.93. The van der Waals surface area contributed by atoms with Crippen molar-refractivity contribution in [3.8, 4) is 0 Å². The molecule has 9 nitrogen and oxygen atoms in total. The van der Waals surface area contributed by atoms with Crippen LogP contribution in [0.4, 0.5) is 9.18 Å². The van der Waals surface area contributed by atoms with E-state index in [-0.39, 0.29) is 18.9 Å². The SMILES string of the molecule is O=C(CCNC(=O)n1cc(F)c(=O)[nH]c1=O)N1CCOCC1. The summed E-state index contributed by atoms with van der Waals surface area (Å²) >= 11 is 0. The van der Waals surface area contributed by atoms with Crippen LogP contribution in [0.1, 0.15) is 6.42 Å². The molecule has 1 aliphatic heterocycles. The second-order valence-electron chi connectivity index (χ2n) is 4.58. The number of carbonyl (C=O) groups is 2. The number of hydrogen-bond acceptors (Lipinski definition) is 5. The number of H-pyrrole nitrogens is 1. The molecular weight excluding hydrogens is 299 g/mol. The van der Waals surface area contributed by atoms with Gasteiger partial charge in [-0.3, -0.25) is 14.6 Å². The summed E-state index contributed by atoms with van der Waals surface area (Å²) in [6.45, 7) is 1.94. The zero-order valence-electron chi connectivity index (χ0n) is 11.6. The topological polar surface area (TPSA) is 114 Å². The lowest BCUT2D eigenvalue weighted by Crippen LogP contribution is -2.44. The summed E-state index contributed by atoms with van der Waals surface area (Å²) in [4.78, 5) is 49.0. The van der Waals surface area contributed by atoms with Gasteiger partial charge in [-0.05, 0) is 0 Å². The molecule has 1 aromatic heterocycles. The third-order valence-corrected chi connectivity index (χ3v) is 3.10. The molecule has 10 heteroatoms. The van der Waals surface area contributed by atoms with E-state index in [2.05, 4.69) is 5.32 Å². The number of ether oxygens (including phenoxy) is 1. The molecular formula is C12H15FN4O5.